The summed E-state index contributed by atoms with van der Waals surface area (Å²) in [6.45, 7) is 13.8. The molecule has 3 rings (SSSR count). The van der Waals surface area contributed by atoms with Crippen molar-refractivity contribution in [3.8, 4) is 0 Å². The Kier molecular flexibility index (Phi) is 5.08. The largest absolute Gasteiger partial charge is 0.364 e. The number of para-hydroxylation sites is 1. The molecule has 0 saturated carbocycles. The van der Waals surface area contributed by atoms with Crippen molar-refractivity contribution in [2.75, 3.05) is 10.3 Å². The summed E-state index contributed by atoms with van der Waals surface area (Å²) in [6.07, 6.45) is 3.11. The number of nitrogens with one attached hydrogen (secondary N) is 1. The molecule has 1 aliphatic rings. The van der Waals surface area contributed by atoms with E-state index in [0.717, 1.165) is 5.69 Å². The summed E-state index contributed by atoms with van der Waals surface area (Å²) in [5, 5.41) is 4.44. The lowest BCUT2D eigenvalue weighted by atomic mass is 9.78. The van der Waals surface area contributed by atoms with Gasteiger partial charge in [-0.15, -0.1) is 0 Å². The summed E-state index contributed by atoms with van der Waals surface area (Å²) in [5.74, 6) is 0.546. The molecule has 0 amide bonds. The maximum Gasteiger partial charge on any atom is 0.0561 e. The van der Waals surface area contributed by atoms with Crippen LogP contribution >= 0.6 is 0 Å². The fraction of sp³-hybridized carbons (Fsp3) is 0.435. The molecule has 3 nitrogen and oxygen atoms in total. The van der Waals surface area contributed by atoms with E-state index in [4.69, 9.17) is 0 Å². The van der Waals surface area contributed by atoms with Crippen LogP contribution in [0.1, 0.15) is 63.6 Å². The fourth-order valence-corrected chi connectivity index (χ4v) is 4.42. The van der Waals surface area contributed by atoms with E-state index >= 15 is 0 Å². The van der Waals surface area contributed by atoms with Gasteiger partial charge in [-0.1, -0.05) is 25.1 Å². The lowest BCUT2D eigenvalue weighted by molar-refractivity contribution is 0.356. The molecule has 0 aromatic heterocycles. The molecule has 0 unspecified atom stereocenters. The van der Waals surface area contributed by atoms with Gasteiger partial charge in [0.2, 0.25) is 0 Å². The summed E-state index contributed by atoms with van der Waals surface area (Å²) < 4.78 is 0. The molecule has 0 fully saturated rings. The van der Waals surface area contributed by atoms with Crippen molar-refractivity contribution in [2.45, 2.75) is 65.5 Å². The number of hydrogen-bond acceptors (Lipinski definition) is 3. The predicted octanol–water partition coefficient (Wildman–Crippen LogP) is 5.94. The maximum absolute atomic E-state index is 4.44. The molecular weight excluding hydrogens is 318 g/mol. The number of nitrogens with zero attached hydrogens (tertiary/aromatic N) is 2. The normalized spacial score (nSPS) is 19.0. The van der Waals surface area contributed by atoms with E-state index in [1.165, 1.54) is 28.8 Å². The van der Waals surface area contributed by atoms with E-state index in [1.54, 1.807) is 0 Å². The first kappa shape index (κ1) is 18.5. The zero-order chi connectivity index (χ0) is 18.9. The van der Waals surface area contributed by atoms with Crippen LogP contribution in [0.15, 0.2) is 47.6 Å². The van der Waals surface area contributed by atoms with Crippen molar-refractivity contribution in [3.63, 3.8) is 0 Å². The smallest absolute Gasteiger partial charge is 0.0561 e. The van der Waals surface area contributed by atoms with Gasteiger partial charge in [0.05, 0.1) is 11.9 Å². The van der Waals surface area contributed by atoms with E-state index in [-0.39, 0.29) is 5.54 Å². The number of hydrazone groups is 1. The maximum atomic E-state index is 4.44. The highest BCUT2D eigenvalue weighted by Gasteiger charge is 2.37. The van der Waals surface area contributed by atoms with Crippen LogP contribution in [0.5, 0.6) is 0 Å². The Hall–Kier alpha value is -2.29. The molecule has 0 bridgehead atoms. The molecule has 2 aromatic carbocycles. The van der Waals surface area contributed by atoms with Gasteiger partial charge < -0.3 is 4.90 Å². The van der Waals surface area contributed by atoms with Crippen molar-refractivity contribution in [1.82, 2.24) is 0 Å². The molecule has 3 heteroatoms. The number of rotatable bonds is 4. The molecule has 1 aliphatic heterocycles. The summed E-state index contributed by atoms with van der Waals surface area (Å²) >= 11 is 0. The van der Waals surface area contributed by atoms with Crippen molar-refractivity contribution in [2.24, 2.45) is 5.10 Å². The number of hydrogen-bond donors (Lipinski definition) is 1. The second kappa shape index (κ2) is 7.14. The Morgan fingerprint density at radius 3 is 2.54 bits per heavy atom. The van der Waals surface area contributed by atoms with E-state index in [2.05, 4.69) is 69.1 Å². The Balaban J connectivity index is 1.93. The summed E-state index contributed by atoms with van der Waals surface area (Å²) in [5.41, 5.74) is 9.55. The van der Waals surface area contributed by atoms with Gasteiger partial charge in [0.15, 0.2) is 0 Å². The third-order valence-corrected chi connectivity index (χ3v) is 5.35. The van der Waals surface area contributed by atoms with Crippen LogP contribution in [0.3, 0.4) is 0 Å². The van der Waals surface area contributed by atoms with Crippen molar-refractivity contribution < 1.29 is 0 Å². The third-order valence-electron chi connectivity index (χ3n) is 5.35. The summed E-state index contributed by atoms with van der Waals surface area (Å²) in [7, 11) is 0. The first-order valence-electron chi connectivity index (χ1n) is 9.57. The Morgan fingerprint density at radius 2 is 1.88 bits per heavy atom. The second-order valence-corrected chi connectivity index (χ2v) is 8.38. The van der Waals surface area contributed by atoms with Gasteiger partial charge in [-0.2, -0.15) is 5.10 Å². The average Bonchev–Trinajstić information content (AvgIpc) is 2.55. The van der Waals surface area contributed by atoms with Crippen LogP contribution in [-0.2, 0) is 0 Å². The molecule has 0 saturated heterocycles. The molecule has 2 aromatic rings. The highest BCUT2D eigenvalue weighted by molar-refractivity contribution is 5.84. The highest BCUT2D eigenvalue weighted by atomic mass is 15.3. The monoisotopic (exact) mass is 349 g/mol. The number of fused-ring (bicyclic) bond motifs is 1. The number of benzene rings is 2. The van der Waals surface area contributed by atoms with Crippen LogP contribution in [0.4, 0.5) is 11.4 Å². The lowest BCUT2D eigenvalue weighted by Crippen LogP contribution is -2.51. The molecule has 1 N–H and O–H groups in total. The molecule has 26 heavy (non-hydrogen) atoms. The molecule has 0 aliphatic carbocycles. The van der Waals surface area contributed by atoms with Gasteiger partial charge >= 0.3 is 0 Å². The van der Waals surface area contributed by atoms with Crippen molar-refractivity contribution >= 4 is 17.6 Å². The Bertz CT molecular complexity index is 791. The molecular formula is C23H31N3. The average molecular weight is 350 g/mol. The Morgan fingerprint density at radius 1 is 1.19 bits per heavy atom. The standard InChI is InChI=1S/C23H31N3/c1-16(2)26-22-12-17(3)19(13-21(22)18(4)14-23(26,5)6)15-24-25-20-10-8-7-9-11-20/h7-13,15-16,18,25H,14H2,1-6H3/b24-15-/t18-/m0/s1. The van der Waals surface area contributed by atoms with Gasteiger partial charge in [0.1, 0.15) is 0 Å². The van der Waals surface area contributed by atoms with E-state index < -0.39 is 0 Å². The zero-order valence-electron chi connectivity index (χ0n) is 16.9. The summed E-state index contributed by atoms with van der Waals surface area (Å²) in [6, 6.07) is 15.2. The molecule has 1 heterocycles. The minimum atomic E-state index is 0.178. The van der Waals surface area contributed by atoms with Crippen LogP contribution in [-0.4, -0.2) is 17.8 Å². The van der Waals surface area contributed by atoms with Crippen LogP contribution in [0.2, 0.25) is 0 Å². The second-order valence-electron chi connectivity index (χ2n) is 8.38. The van der Waals surface area contributed by atoms with Gasteiger partial charge in [-0.3, -0.25) is 5.43 Å². The topological polar surface area (TPSA) is 27.6 Å². The van der Waals surface area contributed by atoms with E-state index in [9.17, 15) is 0 Å². The first-order valence-corrected chi connectivity index (χ1v) is 9.57. The van der Waals surface area contributed by atoms with Crippen LogP contribution < -0.4 is 10.3 Å². The van der Waals surface area contributed by atoms with Gasteiger partial charge in [0.25, 0.3) is 0 Å². The van der Waals surface area contributed by atoms with Gasteiger partial charge in [0, 0.05) is 17.3 Å². The first-order chi connectivity index (χ1) is 12.3. The molecule has 0 radical (unpaired) electrons. The van der Waals surface area contributed by atoms with Gasteiger partial charge in [-0.05, 0) is 87.9 Å². The van der Waals surface area contributed by atoms with Gasteiger partial charge in [-0.25, -0.2) is 0 Å². The molecule has 1 atom stereocenters. The fourth-order valence-electron chi connectivity index (χ4n) is 4.42. The van der Waals surface area contributed by atoms with Crippen LogP contribution in [0, 0.1) is 6.92 Å². The SMILES string of the molecule is Cc1cc2c(cc1/C=N\Nc1ccccc1)[C@@H](C)CC(C)(C)N2C(C)C. The minimum Gasteiger partial charge on any atom is -0.364 e. The van der Waals surface area contributed by atoms with E-state index in [1.807, 2.05) is 36.5 Å². The highest BCUT2D eigenvalue weighted by Crippen LogP contribution is 2.45. The predicted molar refractivity (Wildman–Crippen MR) is 114 cm³/mol. The summed E-state index contributed by atoms with van der Waals surface area (Å²) in [4.78, 5) is 2.58. The van der Waals surface area contributed by atoms with Crippen LogP contribution in [0.25, 0.3) is 0 Å². The molecule has 138 valence electrons. The Labute approximate surface area is 158 Å². The van der Waals surface area contributed by atoms with Crippen molar-refractivity contribution in [3.05, 3.63) is 59.2 Å². The molecule has 0 spiro atoms. The quantitative estimate of drug-likeness (QED) is 0.546. The van der Waals surface area contributed by atoms with E-state index in [0.29, 0.717) is 12.0 Å². The lowest BCUT2D eigenvalue weighted by Gasteiger charge is -2.50. The van der Waals surface area contributed by atoms with Crippen molar-refractivity contribution in [1.29, 1.82) is 0 Å². The third kappa shape index (κ3) is 3.62. The number of anilines is 2. The number of aryl methyl sites for hydroxylation is 1. The minimum absolute atomic E-state index is 0.178. The zero-order valence-corrected chi connectivity index (χ0v) is 16.9.